The predicted octanol–water partition coefficient (Wildman–Crippen LogP) is 2.47. The third-order valence-electron chi connectivity index (χ3n) is 1.38. The van der Waals surface area contributed by atoms with Crippen LogP contribution < -0.4 is 0 Å². The highest BCUT2D eigenvalue weighted by molar-refractivity contribution is 9.11. The molecule has 0 atom stereocenters. The number of fused-ring (bicyclic) bond motifs is 1. The highest BCUT2D eigenvalue weighted by Gasteiger charge is 2.00. The van der Waals surface area contributed by atoms with Gasteiger partial charge in [-0.25, -0.2) is 4.98 Å². The summed E-state index contributed by atoms with van der Waals surface area (Å²) in [6, 6.07) is 0. The van der Waals surface area contributed by atoms with Crippen LogP contribution in [0.15, 0.2) is 16.2 Å². The normalized spacial score (nSPS) is 11.0. The van der Waals surface area contributed by atoms with Crippen molar-refractivity contribution in [2.45, 2.75) is 6.92 Å². The number of aromatic nitrogens is 2. The zero-order chi connectivity index (χ0) is 7.14. The molecule has 0 fully saturated rings. The number of thiazole rings is 1. The lowest BCUT2D eigenvalue weighted by Gasteiger charge is -1.82. The van der Waals surface area contributed by atoms with Gasteiger partial charge in [0.05, 0.1) is 9.98 Å². The average Bonchev–Trinajstić information content (AvgIpc) is 2.35. The lowest BCUT2D eigenvalue weighted by molar-refractivity contribution is 1.05. The molecule has 2 rings (SSSR count). The van der Waals surface area contributed by atoms with E-state index in [0.29, 0.717) is 0 Å². The molecular formula is C6H5BrN2S. The van der Waals surface area contributed by atoms with E-state index in [-0.39, 0.29) is 0 Å². The number of nitrogens with zero attached hydrogens (tertiary/aromatic N) is 2. The van der Waals surface area contributed by atoms with Crippen LogP contribution in [-0.2, 0) is 0 Å². The number of hydrogen-bond acceptors (Lipinski definition) is 2. The van der Waals surface area contributed by atoms with Crippen LogP contribution in [-0.4, -0.2) is 9.38 Å². The summed E-state index contributed by atoms with van der Waals surface area (Å²) in [5.74, 6) is 1.04. The van der Waals surface area contributed by atoms with Crippen LogP contribution in [0.5, 0.6) is 0 Å². The molecule has 0 saturated heterocycles. The van der Waals surface area contributed by atoms with Crippen LogP contribution in [0.1, 0.15) is 5.82 Å². The van der Waals surface area contributed by atoms with Crippen LogP contribution in [0, 0.1) is 6.92 Å². The maximum absolute atomic E-state index is 4.15. The fraction of sp³-hybridized carbons (Fsp3) is 0.167. The van der Waals surface area contributed by atoms with E-state index in [1.165, 1.54) is 4.83 Å². The first-order valence-corrected chi connectivity index (χ1v) is 4.47. The van der Waals surface area contributed by atoms with E-state index in [4.69, 9.17) is 0 Å². The number of rotatable bonds is 0. The minimum atomic E-state index is 1.04. The molecule has 0 unspecified atom stereocenters. The fourth-order valence-electron chi connectivity index (χ4n) is 0.893. The number of imidazole rings is 1. The molecule has 2 heterocycles. The Kier molecular flexibility index (Phi) is 1.32. The van der Waals surface area contributed by atoms with Crippen LogP contribution in [0.3, 0.4) is 0 Å². The number of halogens is 1. The second-order valence-corrected chi connectivity index (χ2v) is 4.49. The molecule has 2 aromatic rings. The summed E-state index contributed by atoms with van der Waals surface area (Å²) in [6.07, 6.45) is 3.91. The molecule has 0 aliphatic heterocycles. The van der Waals surface area contributed by atoms with Gasteiger partial charge in [0, 0.05) is 6.20 Å². The SMILES string of the molecule is Cc1ncc2sc(Br)cn12. The van der Waals surface area contributed by atoms with Gasteiger partial charge in [-0.3, -0.25) is 4.40 Å². The van der Waals surface area contributed by atoms with Crippen molar-refractivity contribution < 1.29 is 0 Å². The van der Waals surface area contributed by atoms with Crippen LogP contribution in [0.2, 0.25) is 0 Å². The molecule has 52 valence electrons. The van der Waals surface area contributed by atoms with Crippen molar-refractivity contribution in [2.24, 2.45) is 0 Å². The second-order valence-electron chi connectivity index (χ2n) is 2.05. The second kappa shape index (κ2) is 2.07. The quantitative estimate of drug-likeness (QED) is 0.662. The Balaban J connectivity index is 2.90. The molecule has 0 bridgehead atoms. The first kappa shape index (κ1) is 6.37. The zero-order valence-corrected chi connectivity index (χ0v) is 7.74. The van der Waals surface area contributed by atoms with Crippen LogP contribution >= 0.6 is 27.3 Å². The number of aryl methyl sites for hydroxylation is 1. The molecule has 0 saturated carbocycles. The Labute approximate surface area is 70.6 Å². The van der Waals surface area contributed by atoms with Crippen molar-refractivity contribution in [1.29, 1.82) is 0 Å². The lowest BCUT2D eigenvalue weighted by Crippen LogP contribution is -1.79. The van der Waals surface area contributed by atoms with Crippen LogP contribution in [0.25, 0.3) is 4.83 Å². The summed E-state index contributed by atoms with van der Waals surface area (Å²) in [6.45, 7) is 1.99. The van der Waals surface area contributed by atoms with Crippen molar-refractivity contribution in [3.63, 3.8) is 0 Å². The van der Waals surface area contributed by atoms with E-state index < -0.39 is 0 Å². The molecule has 2 aromatic heterocycles. The van der Waals surface area contributed by atoms with Gasteiger partial charge in [-0.15, -0.1) is 11.3 Å². The summed E-state index contributed by atoms with van der Waals surface area (Å²) in [5, 5.41) is 0. The molecule has 0 amide bonds. The summed E-state index contributed by atoms with van der Waals surface area (Å²) >= 11 is 5.10. The molecule has 10 heavy (non-hydrogen) atoms. The van der Waals surface area contributed by atoms with Crippen LogP contribution in [0.4, 0.5) is 0 Å². The Bertz CT molecular complexity index is 363. The van der Waals surface area contributed by atoms with Gasteiger partial charge in [0.1, 0.15) is 10.7 Å². The van der Waals surface area contributed by atoms with Gasteiger partial charge < -0.3 is 0 Å². The summed E-state index contributed by atoms with van der Waals surface area (Å²) in [4.78, 5) is 5.33. The molecule has 0 aliphatic carbocycles. The highest BCUT2D eigenvalue weighted by Crippen LogP contribution is 2.23. The van der Waals surface area contributed by atoms with E-state index in [9.17, 15) is 0 Å². The third kappa shape index (κ3) is 0.793. The van der Waals surface area contributed by atoms with Gasteiger partial charge in [-0.05, 0) is 22.9 Å². The Hall–Kier alpha value is -0.350. The molecular weight excluding hydrogens is 212 g/mol. The monoisotopic (exact) mass is 216 g/mol. The minimum Gasteiger partial charge on any atom is -0.293 e. The van der Waals surface area contributed by atoms with E-state index >= 15 is 0 Å². The smallest absolute Gasteiger partial charge is 0.120 e. The summed E-state index contributed by atoms with van der Waals surface area (Å²) in [5.41, 5.74) is 0. The van der Waals surface area contributed by atoms with Crippen molar-refractivity contribution in [1.82, 2.24) is 9.38 Å². The van der Waals surface area contributed by atoms with E-state index in [0.717, 1.165) is 9.61 Å². The topological polar surface area (TPSA) is 17.3 Å². The molecule has 0 N–H and O–H groups in total. The first-order valence-electron chi connectivity index (χ1n) is 2.86. The van der Waals surface area contributed by atoms with Gasteiger partial charge in [0.2, 0.25) is 0 Å². The van der Waals surface area contributed by atoms with E-state index in [1.54, 1.807) is 11.3 Å². The van der Waals surface area contributed by atoms with Gasteiger partial charge in [0.25, 0.3) is 0 Å². The summed E-state index contributed by atoms with van der Waals surface area (Å²) < 4.78 is 3.21. The molecule has 2 nitrogen and oxygen atoms in total. The highest BCUT2D eigenvalue weighted by atomic mass is 79.9. The minimum absolute atomic E-state index is 1.04. The molecule has 0 aliphatic rings. The fourth-order valence-corrected chi connectivity index (χ4v) is 2.34. The van der Waals surface area contributed by atoms with Gasteiger partial charge in [-0.1, -0.05) is 0 Å². The maximum Gasteiger partial charge on any atom is 0.120 e. The maximum atomic E-state index is 4.15. The van der Waals surface area contributed by atoms with Gasteiger partial charge in [0.15, 0.2) is 0 Å². The van der Waals surface area contributed by atoms with Gasteiger partial charge in [-0.2, -0.15) is 0 Å². The average molecular weight is 217 g/mol. The van der Waals surface area contributed by atoms with Crippen molar-refractivity contribution >= 4 is 32.1 Å². The largest absolute Gasteiger partial charge is 0.293 e. The first-order chi connectivity index (χ1) is 4.77. The van der Waals surface area contributed by atoms with Crippen molar-refractivity contribution in [3.05, 3.63) is 22.0 Å². The summed E-state index contributed by atoms with van der Waals surface area (Å²) in [7, 11) is 0. The zero-order valence-electron chi connectivity index (χ0n) is 5.34. The Morgan fingerprint density at radius 1 is 1.70 bits per heavy atom. The van der Waals surface area contributed by atoms with Gasteiger partial charge >= 0.3 is 0 Å². The Morgan fingerprint density at radius 2 is 2.50 bits per heavy atom. The Morgan fingerprint density at radius 3 is 3.20 bits per heavy atom. The third-order valence-corrected chi connectivity index (χ3v) is 2.88. The number of hydrogen-bond donors (Lipinski definition) is 0. The molecule has 0 aromatic carbocycles. The molecule has 0 spiro atoms. The van der Waals surface area contributed by atoms with E-state index in [2.05, 4.69) is 25.3 Å². The van der Waals surface area contributed by atoms with E-state index in [1.807, 2.05) is 19.3 Å². The van der Waals surface area contributed by atoms with Crippen molar-refractivity contribution in [3.8, 4) is 0 Å². The standard InChI is InChI=1S/C6H5BrN2S/c1-4-8-2-6-9(4)3-5(7)10-6/h2-3H,1H3. The van der Waals surface area contributed by atoms with Crippen molar-refractivity contribution in [2.75, 3.05) is 0 Å². The predicted molar refractivity (Wildman–Crippen MR) is 45.5 cm³/mol. The lowest BCUT2D eigenvalue weighted by atomic mass is 10.7. The molecule has 0 radical (unpaired) electrons. The molecule has 4 heteroatoms.